The highest BCUT2D eigenvalue weighted by Crippen LogP contribution is 2.23. The van der Waals surface area contributed by atoms with Gasteiger partial charge in [-0.05, 0) is 41.3 Å². The molecular formula is C21H24N4O4S. The van der Waals surface area contributed by atoms with Gasteiger partial charge < -0.3 is 4.42 Å². The number of nitrogens with zero attached hydrogens (tertiary/aromatic N) is 3. The molecule has 0 unspecified atom stereocenters. The van der Waals surface area contributed by atoms with Gasteiger partial charge in [0.2, 0.25) is 21.8 Å². The molecule has 0 radical (unpaired) electrons. The quantitative estimate of drug-likeness (QED) is 0.619. The number of anilines is 1. The van der Waals surface area contributed by atoms with Crippen molar-refractivity contribution in [3.8, 4) is 11.5 Å². The number of rotatable bonds is 7. The lowest BCUT2D eigenvalue weighted by Crippen LogP contribution is -2.22. The van der Waals surface area contributed by atoms with E-state index in [-0.39, 0.29) is 29.1 Å². The van der Waals surface area contributed by atoms with Crippen molar-refractivity contribution < 1.29 is 17.6 Å². The molecule has 9 heteroatoms. The van der Waals surface area contributed by atoms with Crippen LogP contribution in [-0.2, 0) is 21.2 Å². The molecule has 0 saturated heterocycles. The van der Waals surface area contributed by atoms with E-state index in [0.717, 1.165) is 9.87 Å². The average Bonchev–Trinajstić information content (AvgIpc) is 3.16. The van der Waals surface area contributed by atoms with E-state index >= 15 is 0 Å². The maximum atomic E-state index is 12.3. The number of aromatic nitrogens is 2. The first-order chi connectivity index (χ1) is 14.2. The molecule has 1 aromatic heterocycles. The minimum absolute atomic E-state index is 0.0150. The highest BCUT2D eigenvalue weighted by Gasteiger charge is 2.18. The molecule has 1 heterocycles. The van der Waals surface area contributed by atoms with Crippen LogP contribution in [0.5, 0.6) is 0 Å². The maximum Gasteiger partial charge on any atom is 0.322 e. The zero-order valence-corrected chi connectivity index (χ0v) is 18.1. The number of benzene rings is 2. The molecule has 0 fully saturated rings. The van der Waals surface area contributed by atoms with Gasteiger partial charge in [-0.1, -0.05) is 43.2 Å². The second-order valence-corrected chi connectivity index (χ2v) is 9.50. The molecule has 3 aromatic rings. The number of nitrogens with one attached hydrogen (secondary N) is 1. The molecule has 8 nitrogen and oxygen atoms in total. The lowest BCUT2D eigenvalue weighted by molar-refractivity contribution is -0.115. The smallest absolute Gasteiger partial charge is 0.322 e. The number of hydrogen-bond acceptors (Lipinski definition) is 6. The number of hydrogen-bond donors (Lipinski definition) is 1. The molecular weight excluding hydrogens is 404 g/mol. The Morgan fingerprint density at radius 1 is 1.03 bits per heavy atom. The van der Waals surface area contributed by atoms with Gasteiger partial charge in [0.05, 0.1) is 11.3 Å². The Hall–Kier alpha value is -3.04. The van der Waals surface area contributed by atoms with E-state index in [1.165, 1.54) is 31.8 Å². The zero-order chi connectivity index (χ0) is 21.9. The molecule has 0 aliphatic heterocycles. The van der Waals surface area contributed by atoms with Gasteiger partial charge in [0.1, 0.15) is 0 Å². The first kappa shape index (κ1) is 21.7. The van der Waals surface area contributed by atoms with Crippen LogP contribution in [-0.4, -0.2) is 42.9 Å². The first-order valence-electron chi connectivity index (χ1n) is 9.42. The highest BCUT2D eigenvalue weighted by molar-refractivity contribution is 7.89. The molecule has 0 atom stereocenters. The molecule has 158 valence electrons. The summed E-state index contributed by atoms with van der Waals surface area (Å²) in [5.74, 6) is 0.344. The summed E-state index contributed by atoms with van der Waals surface area (Å²) >= 11 is 0. The van der Waals surface area contributed by atoms with Gasteiger partial charge in [-0.2, -0.15) is 0 Å². The summed E-state index contributed by atoms with van der Waals surface area (Å²) in [6.07, 6.45) is 0.188. The van der Waals surface area contributed by atoms with Gasteiger partial charge in [0, 0.05) is 19.7 Å². The van der Waals surface area contributed by atoms with Crippen molar-refractivity contribution in [1.29, 1.82) is 0 Å². The number of carbonyl (C=O) groups is 1. The lowest BCUT2D eigenvalue weighted by Gasteiger charge is -2.11. The topological polar surface area (TPSA) is 105 Å². The average molecular weight is 429 g/mol. The van der Waals surface area contributed by atoms with Crippen LogP contribution in [0.2, 0.25) is 0 Å². The van der Waals surface area contributed by atoms with E-state index < -0.39 is 10.0 Å². The molecule has 2 aromatic carbocycles. The molecule has 3 rings (SSSR count). The van der Waals surface area contributed by atoms with E-state index in [9.17, 15) is 13.2 Å². The van der Waals surface area contributed by atoms with Crippen molar-refractivity contribution in [3.05, 3.63) is 59.7 Å². The fraction of sp³-hybridized carbons (Fsp3) is 0.286. The lowest BCUT2D eigenvalue weighted by atomic mass is 10.0. The van der Waals surface area contributed by atoms with Crippen LogP contribution < -0.4 is 5.32 Å². The minimum Gasteiger partial charge on any atom is -0.403 e. The van der Waals surface area contributed by atoms with Crippen molar-refractivity contribution in [1.82, 2.24) is 14.5 Å². The normalized spacial score (nSPS) is 11.8. The van der Waals surface area contributed by atoms with E-state index in [4.69, 9.17) is 4.42 Å². The second-order valence-electron chi connectivity index (χ2n) is 7.35. The molecule has 0 aliphatic rings. The van der Waals surface area contributed by atoms with E-state index in [0.29, 0.717) is 11.5 Å². The predicted octanol–water partition coefficient (Wildman–Crippen LogP) is 3.29. The fourth-order valence-electron chi connectivity index (χ4n) is 2.74. The number of sulfonamides is 1. The molecule has 0 bridgehead atoms. The van der Waals surface area contributed by atoms with Crippen molar-refractivity contribution in [2.45, 2.75) is 31.1 Å². The molecule has 0 saturated carbocycles. The molecule has 0 spiro atoms. The fourth-order valence-corrected chi connectivity index (χ4v) is 3.64. The Morgan fingerprint density at radius 3 is 2.23 bits per heavy atom. The molecule has 1 N–H and O–H groups in total. The van der Waals surface area contributed by atoms with Crippen LogP contribution >= 0.6 is 0 Å². The van der Waals surface area contributed by atoms with Crippen molar-refractivity contribution >= 4 is 21.9 Å². The predicted molar refractivity (Wildman–Crippen MR) is 113 cm³/mol. The first-order valence-corrected chi connectivity index (χ1v) is 10.9. The van der Waals surface area contributed by atoms with Gasteiger partial charge in [0.25, 0.3) is 0 Å². The SMILES string of the molecule is CC(C)c1ccc(CC(=O)Nc2nnc(-c3ccc(S(=O)(=O)N(C)C)cc3)o2)cc1. The van der Waals surface area contributed by atoms with Crippen LogP contribution in [0.4, 0.5) is 6.01 Å². The third-order valence-corrected chi connectivity index (χ3v) is 6.39. The summed E-state index contributed by atoms with van der Waals surface area (Å²) in [6, 6.07) is 13.9. The van der Waals surface area contributed by atoms with E-state index in [2.05, 4.69) is 29.4 Å². The van der Waals surface area contributed by atoms with Gasteiger partial charge in [-0.25, -0.2) is 12.7 Å². The van der Waals surface area contributed by atoms with Crippen molar-refractivity contribution in [2.75, 3.05) is 19.4 Å². The van der Waals surface area contributed by atoms with Gasteiger partial charge >= 0.3 is 6.01 Å². The largest absolute Gasteiger partial charge is 0.403 e. The van der Waals surface area contributed by atoms with Crippen LogP contribution in [0.1, 0.15) is 30.9 Å². The summed E-state index contributed by atoms with van der Waals surface area (Å²) < 4.78 is 30.9. The Labute approximate surface area is 176 Å². The molecule has 0 aliphatic carbocycles. The standard InChI is InChI=1S/C21H24N4O4S/c1-14(2)16-7-5-15(6-8-16)13-19(26)22-21-24-23-20(29-21)17-9-11-18(12-10-17)30(27,28)25(3)4/h5-12,14H,13H2,1-4H3,(H,22,24,26). The highest BCUT2D eigenvalue weighted by atomic mass is 32.2. The van der Waals surface area contributed by atoms with Crippen LogP contribution in [0, 0.1) is 0 Å². The van der Waals surface area contributed by atoms with Crippen LogP contribution in [0.25, 0.3) is 11.5 Å². The Balaban J connectivity index is 1.65. The van der Waals surface area contributed by atoms with Crippen LogP contribution in [0.15, 0.2) is 57.8 Å². The van der Waals surface area contributed by atoms with Gasteiger partial charge in [-0.3, -0.25) is 10.1 Å². The van der Waals surface area contributed by atoms with Gasteiger partial charge in [0.15, 0.2) is 0 Å². The maximum absolute atomic E-state index is 12.3. The Bertz CT molecular complexity index is 1120. The monoisotopic (exact) mass is 428 g/mol. The summed E-state index contributed by atoms with van der Waals surface area (Å²) in [5.41, 5.74) is 2.64. The zero-order valence-electron chi connectivity index (χ0n) is 17.3. The molecule has 30 heavy (non-hydrogen) atoms. The minimum atomic E-state index is -3.51. The third kappa shape index (κ3) is 4.92. The van der Waals surface area contributed by atoms with E-state index in [1.807, 2.05) is 24.3 Å². The Kier molecular flexibility index (Phi) is 6.33. The second kappa shape index (κ2) is 8.76. The molecule has 1 amide bonds. The summed E-state index contributed by atoms with van der Waals surface area (Å²) in [4.78, 5) is 12.4. The summed E-state index contributed by atoms with van der Waals surface area (Å²) in [7, 11) is -0.580. The number of carbonyl (C=O) groups excluding carboxylic acids is 1. The van der Waals surface area contributed by atoms with Crippen molar-refractivity contribution in [2.24, 2.45) is 0 Å². The van der Waals surface area contributed by atoms with Crippen molar-refractivity contribution in [3.63, 3.8) is 0 Å². The number of amides is 1. The third-order valence-electron chi connectivity index (χ3n) is 4.56. The summed E-state index contributed by atoms with van der Waals surface area (Å²) in [6.45, 7) is 4.23. The summed E-state index contributed by atoms with van der Waals surface area (Å²) in [5, 5.41) is 10.3. The Morgan fingerprint density at radius 2 is 1.67 bits per heavy atom. The van der Waals surface area contributed by atoms with Gasteiger partial charge in [-0.15, -0.1) is 5.10 Å². The van der Waals surface area contributed by atoms with Crippen LogP contribution in [0.3, 0.4) is 0 Å². The van der Waals surface area contributed by atoms with E-state index in [1.54, 1.807) is 12.1 Å².